The van der Waals surface area contributed by atoms with Crippen LogP contribution in [0.2, 0.25) is 5.02 Å². The molecule has 0 aliphatic rings. The first-order chi connectivity index (χ1) is 10.1. The van der Waals surface area contributed by atoms with Crippen molar-refractivity contribution >= 4 is 30.1 Å². The molecule has 1 amide bonds. The van der Waals surface area contributed by atoms with Gasteiger partial charge >= 0.3 is 0 Å². The molecule has 0 bridgehead atoms. The molecule has 1 unspecified atom stereocenters. The lowest BCUT2D eigenvalue weighted by molar-refractivity contribution is 0.0952. The van der Waals surface area contributed by atoms with Crippen LogP contribution < -0.4 is 5.32 Å². The predicted molar refractivity (Wildman–Crippen MR) is 90.5 cm³/mol. The maximum Gasteiger partial charge on any atom is 0.252 e. The monoisotopic (exact) mass is 319 g/mol. The van der Waals surface area contributed by atoms with Crippen LogP contribution in [-0.4, -0.2) is 12.5 Å². The van der Waals surface area contributed by atoms with Crippen LogP contribution in [0.25, 0.3) is 0 Å². The van der Waals surface area contributed by atoms with Gasteiger partial charge in [-0.25, -0.2) is 0 Å². The number of carbonyl (C=O) groups excluding carboxylic acids is 1. The summed E-state index contributed by atoms with van der Waals surface area (Å²) in [5.41, 5.74) is 1.75. The van der Waals surface area contributed by atoms with Crippen molar-refractivity contribution in [1.29, 1.82) is 0 Å². The van der Waals surface area contributed by atoms with Crippen LogP contribution in [0, 0.1) is 0 Å². The summed E-state index contributed by atoms with van der Waals surface area (Å²) in [5, 5.41) is 3.36. The van der Waals surface area contributed by atoms with Gasteiger partial charge in [0, 0.05) is 11.4 Å². The van der Waals surface area contributed by atoms with Crippen molar-refractivity contribution in [2.45, 2.75) is 24.2 Å². The molecule has 0 aliphatic heterocycles. The Labute approximate surface area is 135 Å². The van der Waals surface area contributed by atoms with Crippen LogP contribution in [0.15, 0.2) is 53.4 Å². The standard InChI is InChI=1S/C17H18ClNOS/c1-12(13-5-3-2-4-6-13)9-10-19-17(20)15-11-14(21)7-8-16(15)18/h2-8,11-12,21H,9-10H2,1H3,(H,19,20). The van der Waals surface area contributed by atoms with Crippen LogP contribution in [0.4, 0.5) is 0 Å². The summed E-state index contributed by atoms with van der Waals surface area (Å²) in [6.07, 6.45) is 0.883. The molecule has 0 radical (unpaired) electrons. The van der Waals surface area contributed by atoms with Crippen LogP contribution >= 0.6 is 24.2 Å². The average molecular weight is 320 g/mol. The van der Waals surface area contributed by atoms with Gasteiger partial charge in [0.25, 0.3) is 5.91 Å². The fourth-order valence-corrected chi connectivity index (χ4v) is 2.54. The van der Waals surface area contributed by atoms with Gasteiger partial charge in [0.15, 0.2) is 0 Å². The molecule has 21 heavy (non-hydrogen) atoms. The zero-order valence-electron chi connectivity index (χ0n) is 11.8. The highest BCUT2D eigenvalue weighted by Gasteiger charge is 2.11. The highest BCUT2D eigenvalue weighted by atomic mass is 35.5. The van der Waals surface area contributed by atoms with Gasteiger partial charge < -0.3 is 5.32 Å². The Hall–Kier alpha value is -1.45. The molecule has 0 saturated carbocycles. The normalized spacial score (nSPS) is 12.0. The summed E-state index contributed by atoms with van der Waals surface area (Å²) in [6, 6.07) is 15.4. The molecule has 1 atom stereocenters. The van der Waals surface area contributed by atoms with Crippen molar-refractivity contribution in [3.05, 3.63) is 64.7 Å². The van der Waals surface area contributed by atoms with E-state index in [1.807, 2.05) is 18.2 Å². The Morgan fingerprint density at radius 3 is 2.67 bits per heavy atom. The lowest BCUT2D eigenvalue weighted by Gasteiger charge is -2.13. The fourth-order valence-electron chi connectivity index (χ4n) is 2.13. The number of rotatable bonds is 5. The maximum atomic E-state index is 12.1. The van der Waals surface area contributed by atoms with Crippen LogP contribution in [0.3, 0.4) is 0 Å². The summed E-state index contributed by atoms with van der Waals surface area (Å²) in [7, 11) is 0. The number of nitrogens with one attached hydrogen (secondary N) is 1. The summed E-state index contributed by atoms with van der Waals surface area (Å²) in [4.78, 5) is 12.8. The van der Waals surface area contributed by atoms with E-state index in [0.29, 0.717) is 23.0 Å². The third-order valence-corrected chi connectivity index (χ3v) is 4.03. The quantitative estimate of drug-likeness (QED) is 0.778. The zero-order chi connectivity index (χ0) is 15.2. The van der Waals surface area contributed by atoms with E-state index in [2.05, 4.69) is 37.0 Å². The van der Waals surface area contributed by atoms with Gasteiger partial charge in [-0.15, -0.1) is 12.6 Å². The number of hydrogen-bond donors (Lipinski definition) is 2. The van der Waals surface area contributed by atoms with E-state index in [1.54, 1.807) is 18.2 Å². The van der Waals surface area contributed by atoms with E-state index in [4.69, 9.17) is 11.6 Å². The summed E-state index contributed by atoms with van der Waals surface area (Å²) in [6.45, 7) is 2.77. The van der Waals surface area contributed by atoms with Gasteiger partial charge in [-0.05, 0) is 36.1 Å². The van der Waals surface area contributed by atoms with Gasteiger partial charge in [-0.1, -0.05) is 48.9 Å². The Kier molecular flexibility index (Phi) is 5.71. The molecule has 2 aromatic carbocycles. The second-order valence-electron chi connectivity index (χ2n) is 5.02. The second-order valence-corrected chi connectivity index (χ2v) is 5.94. The molecule has 2 aromatic rings. The largest absolute Gasteiger partial charge is 0.352 e. The maximum absolute atomic E-state index is 12.1. The molecule has 110 valence electrons. The Morgan fingerprint density at radius 2 is 1.95 bits per heavy atom. The number of thiol groups is 1. The highest BCUT2D eigenvalue weighted by molar-refractivity contribution is 7.80. The van der Waals surface area contributed by atoms with E-state index < -0.39 is 0 Å². The van der Waals surface area contributed by atoms with Gasteiger partial charge in [-0.2, -0.15) is 0 Å². The number of amides is 1. The van der Waals surface area contributed by atoms with E-state index in [-0.39, 0.29) is 5.91 Å². The third kappa shape index (κ3) is 4.51. The minimum absolute atomic E-state index is 0.156. The molecule has 4 heteroatoms. The van der Waals surface area contributed by atoms with Gasteiger partial charge in [0.05, 0.1) is 10.6 Å². The molecular formula is C17H18ClNOS. The minimum atomic E-state index is -0.156. The third-order valence-electron chi connectivity index (χ3n) is 3.43. The van der Waals surface area contributed by atoms with Crippen molar-refractivity contribution in [3.63, 3.8) is 0 Å². The number of halogens is 1. The molecule has 1 N–H and O–H groups in total. The predicted octanol–water partition coefficient (Wildman–Crippen LogP) is 4.55. The summed E-state index contributed by atoms with van der Waals surface area (Å²) < 4.78 is 0. The Balaban J connectivity index is 1.88. The molecule has 0 fully saturated rings. The van der Waals surface area contributed by atoms with Crippen molar-refractivity contribution in [2.24, 2.45) is 0 Å². The SMILES string of the molecule is CC(CCNC(=O)c1cc(S)ccc1Cl)c1ccccc1. The first kappa shape index (κ1) is 15.9. The van der Waals surface area contributed by atoms with Crippen LogP contribution in [-0.2, 0) is 0 Å². The van der Waals surface area contributed by atoms with Crippen molar-refractivity contribution in [1.82, 2.24) is 5.32 Å². The van der Waals surface area contributed by atoms with Gasteiger partial charge in [-0.3, -0.25) is 4.79 Å². The van der Waals surface area contributed by atoms with E-state index in [1.165, 1.54) is 5.56 Å². The summed E-state index contributed by atoms with van der Waals surface area (Å²) >= 11 is 10.3. The molecule has 0 aromatic heterocycles. The number of carbonyl (C=O) groups is 1. The Morgan fingerprint density at radius 1 is 1.24 bits per heavy atom. The van der Waals surface area contributed by atoms with Crippen molar-refractivity contribution in [3.8, 4) is 0 Å². The molecule has 0 spiro atoms. The minimum Gasteiger partial charge on any atom is -0.352 e. The highest BCUT2D eigenvalue weighted by Crippen LogP contribution is 2.20. The molecule has 0 aliphatic carbocycles. The number of hydrogen-bond acceptors (Lipinski definition) is 2. The molecule has 0 saturated heterocycles. The van der Waals surface area contributed by atoms with Gasteiger partial charge in [0.2, 0.25) is 0 Å². The van der Waals surface area contributed by atoms with E-state index in [0.717, 1.165) is 11.3 Å². The zero-order valence-corrected chi connectivity index (χ0v) is 13.5. The molecule has 2 nitrogen and oxygen atoms in total. The second kappa shape index (κ2) is 7.53. The topological polar surface area (TPSA) is 29.1 Å². The van der Waals surface area contributed by atoms with E-state index in [9.17, 15) is 4.79 Å². The Bertz CT molecular complexity index is 615. The molecule has 2 rings (SSSR count). The van der Waals surface area contributed by atoms with Gasteiger partial charge in [0.1, 0.15) is 0 Å². The summed E-state index contributed by atoms with van der Waals surface area (Å²) in [5.74, 6) is 0.245. The fraction of sp³-hybridized carbons (Fsp3) is 0.235. The lowest BCUT2D eigenvalue weighted by Crippen LogP contribution is -2.25. The van der Waals surface area contributed by atoms with Crippen LogP contribution in [0.5, 0.6) is 0 Å². The molecule has 0 heterocycles. The number of benzene rings is 2. The van der Waals surface area contributed by atoms with Crippen molar-refractivity contribution in [2.75, 3.05) is 6.54 Å². The lowest BCUT2D eigenvalue weighted by atomic mass is 9.98. The molecular weight excluding hydrogens is 302 g/mol. The van der Waals surface area contributed by atoms with Crippen LogP contribution in [0.1, 0.15) is 35.2 Å². The first-order valence-corrected chi connectivity index (χ1v) is 7.72. The smallest absolute Gasteiger partial charge is 0.252 e. The first-order valence-electron chi connectivity index (χ1n) is 6.89. The average Bonchev–Trinajstić information content (AvgIpc) is 2.50. The van der Waals surface area contributed by atoms with E-state index >= 15 is 0 Å². The van der Waals surface area contributed by atoms with Crippen molar-refractivity contribution < 1.29 is 4.79 Å².